The lowest BCUT2D eigenvalue weighted by atomic mass is 9.73. The summed E-state index contributed by atoms with van der Waals surface area (Å²) in [4.78, 5) is 21.9. The van der Waals surface area contributed by atoms with Gasteiger partial charge in [0, 0.05) is 29.3 Å². The third-order valence-electron chi connectivity index (χ3n) is 5.25. The van der Waals surface area contributed by atoms with E-state index in [1.54, 1.807) is 6.20 Å². The number of carbonyl (C=O) groups excluding carboxylic acids is 1. The van der Waals surface area contributed by atoms with Crippen LogP contribution in [0, 0.1) is 5.41 Å². The van der Waals surface area contributed by atoms with E-state index < -0.39 is 0 Å². The van der Waals surface area contributed by atoms with Crippen LogP contribution in [-0.2, 0) is 4.79 Å². The quantitative estimate of drug-likeness (QED) is 0.731. The molecule has 0 saturated heterocycles. The van der Waals surface area contributed by atoms with Crippen LogP contribution in [0.3, 0.4) is 0 Å². The number of nitrogens with zero attached hydrogens (tertiary/aromatic N) is 4. The van der Waals surface area contributed by atoms with Crippen LogP contribution in [0.1, 0.15) is 38.3 Å². The summed E-state index contributed by atoms with van der Waals surface area (Å²) in [5.74, 6) is 0.857. The largest absolute Gasteiger partial charge is 0.328 e. The first kappa shape index (κ1) is 15.3. The fourth-order valence-electron chi connectivity index (χ4n) is 4.19. The Balaban J connectivity index is 1.79. The molecule has 5 rings (SSSR count). The van der Waals surface area contributed by atoms with Crippen LogP contribution in [0.15, 0.2) is 54.1 Å². The number of carbonyl (C=O) groups is 1. The number of anilines is 1. The third-order valence-corrected chi connectivity index (χ3v) is 5.25. The number of fused-ring (bicyclic) bond motifs is 2. The van der Waals surface area contributed by atoms with Gasteiger partial charge in [0.15, 0.2) is 5.78 Å². The molecule has 1 aliphatic carbocycles. The SMILES string of the molecule is CC1(C)CC(=O)C2=C(C1)Nc1ncnn1[C@H]2c1ccnc2ccccc12. The number of benzene rings is 1. The Hall–Kier alpha value is -3.02. The minimum absolute atomic E-state index is 0.0596. The van der Waals surface area contributed by atoms with Gasteiger partial charge in [0.2, 0.25) is 5.95 Å². The molecule has 6 heteroatoms. The summed E-state index contributed by atoms with van der Waals surface area (Å²) in [6.07, 6.45) is 4.69. The Morgan fingerprint density at radius 2 is 2.00 bits per heavy atom. The molecule has 0 unspecified atom stereocenters. The summed E-state index contributed by atoms with van der Waals surface area (Å²) in [6.45, 7) is 4.26. The van der Waals surface area contributed by atoms with Gasteiger partial charge in [0.1, 0.15) is 12.4 Å². The minimum atomic E-state index is -0.278. The summed E-state index contributed by atoms with van der Waals surface area (Å²) in [6, 6.07) is 9.72. The molecule has 2 aliphatic rings. The van der Waals surface area contributed by atoms with Gasteiger partial charge >= 0.3 is 0 Å². The topological polar surface area (TPSA) is 72.7 Å². The monoisotopic (exact) mass is 345 g/mol. The Bertz CT molecular complexity index is 1070. The van der Waals surface area contributed by atoms with Gasteiger partial charge in [-0.05, 0) is 29.5 Å². The molecule has 1 atom stereocenters. The maximum Gasteiger partial charge on any atom is 0.226 e. The van der Waals surface area contributed by atoms with Gasteiger partial charge in [-0.3, -0.25) is 9.78 Å². The van der Waals surface area contributed by atoms with Crippen LogP contribution in [0.2, 0.25) is 0 Å². The average molecular weight is 345 g/mol. The van der Waals surface area contributed by atoms with Crippen molar-refractivity contribution < 1.29 is 4.79 Å². The van der Waals surface area contributed by atoms with Crippen LogP contribution in [0.5, 0.6) is 0 Å². The van der Waals surface area contributed by atoms with Crippen molar-refractivity contribution in [1.82, 2.24) is 19.7 Å². The zero-order chi connectivity index (χ0) is 17.9. The first-order valence-corrected chi connectivity index (χ1v) is 8.80. The summed E-state index contributed by atoms with van der Waals surface area (Å²) in [5.41, 5.74) is 3.66. The molecule has 0 bridgehead atoms. The van der Waals surface area contributed by atoms with Gasteiger partial charge < -0.3 is 5.32 Å². The number of allylic oxidation sites excluding steroid dienone is 2. The second-order valence-electron chi connectivity index (χ2n) is 7.81. The van der Waals surface area contributed by atoms with Gasteiger partial charge in [0.25, 0.3) is 0 Å². The van der Waals surface area contributed by atoms with Crippen molar-refractivity contribution in [1.29, 1.82) is 0 Å². The molecule has 1 N–H and O–H groups in total. The molecule has 0 saturated carbocycles. The Morgan fingerprint density at radius 1 is 1.15 bits per heavy atom. The van der Waals surface area contributed by atoms with E-state index in [9.17, 15) is 4.79 Å². The molecule has 130 valence electrons. The number of nitrogens with one attached hydrogen (secondary N) is 1. The van der Waals surface area contributed by atoms with E-state index in [2.05, 4.69) is 34.2 Å². The number of ketones is 1. The molecule has 1 aromatic carbocycles. The maximum atomic E-state index is 13.1. The van der Waals surface area contributed by atoms with Gasteiger partial charge in [-0.2, -0.15) is 10.1 Å². The summed E-state index contributed by atoms with van der Waals surface area (Å²) in [7, 11) is 0. The molecule has 3 aromatic rings. The second kappa shape index (κ2) is 5.24. The molecule has 1 aliphatic heterocycles. The smallest absolute Gasteiger partial charge is 0.226 e. The van der Waals surface area contributed by atoms with Crippen molar-refractivity contribution in [3.63, 3.8) is 0 Å². The fraction of sp³-hybridized carbons (Fsp3) is 0.300. The van der Waals surface area contributed by atoms with Crippen LogP contribution in [-0.4, -0.2) is 25.5 Å². The lowest BCUT2D eigenvalue weighted by Crippen LogP contribution is -2.36. The molecule has 0 fully saturated rings. The van der Waals surface area contributed by atoms with Crippen molar-refractivity contribution in [3.8, 4) is 0 Å². The highest BCUT2D eigenvalue weighted by atomic mass is 16.1. The van der Waals surface area contributed by atoms with E-state index in [1.807, 2.05) is 35.0 Å². The third kappa shape index (κ3) is 2.18. The standard InChI is InChI=1S/C20H19N5O/c1-20(2)9-15-17(16(26)10-20)18(25-19(24-15)22-11-23-25)13-7-8-21-14-6-4-3-5-12(13)14/h3-8,11,18H,9-10H2,1-2H3,(H,22,23,24)/t18-/m0/s1. The van der Waals surface area contributed by atoms with E-state index in [-0.39, 0.29) is 17.2 Å². The highest BCUT2D eigenvalue weighted by Gasteiger charge is 2.41. The predicted octanol–water partition coefficient (Wildman–Crippen LogP) is 3.48. The van der Waals surface area contributed by atoms with Crippen LogP contribution in [0.4, 0.5) is 5.95 Å². The molecule has 26 heavy (non-hydrogen) atoms. The Labute approximate surface area is 151 Å². The number of hydrogen-bond donors (Lipinski definition) is 1. The highest BCUT2D eigenvalue weighted by Crippen LogP contribution is 2.45. The lowest BCUT2D eigenvalue weighted by molar-refractivity contribution is -0.118. The fourth-order valence-corrected chi connectivity index (χ4v) is 4.19. The van der Waals surface area contributed by atoms with Gasteiger partial charge in [0.05, 0.1) is 5.52 Å². The Kier molecular flexibility index (Phi) is 3.07. The summed E-state index contributed by atoms with van der Waals surface area (Å²) in [5, 5.41) is 8.80. The van der Waals surface area contributed by atoms with Crippen molar-refractivity contribution in [3.05, 3.63) is 59.7 Å². The first-order chi connectivity index (χ1) is 12.5. The van der Waals surface area contributed by atoms with E-state index in [0.29, 0.717) is 12.4 Å². The maximum absolute atomic E-state index is 13.1. The normalized spacial score (nSPS) is 21.3. The zero-order valence-corrected chi connectivity index (χ0v) is 14.7. The zero-order valence-electron chi connectivity index (χ0n) is 14.7. The summed E-state index contributed by atoms with van der Waals surface area (Å²) < 4.78 is 1.82. The average Bonchev–Trinajstić information content (AvgIpc) is 3.06. The molecule has 2 aromatic heterocycles. The minimum Gasteiger partial charge on any atom is -0.328 e. The van der Waals surface area contributed by atoms with E-state index in [4.69, 9.17) is 0 Å². The summed E-state index contributed by atoms with van der Waals surface area (Å²) >= 11 is 0. The molecule has 0 amide bonds. The van der Waals surface area contributed by atoms with Crippen molar-refractivity contribution in [2.45, 2.75) is 32.7 Å². The lowest BCUT2D eigenvalue weighted by Gasteiger charge is -2.38. The Morgan fingerprint density at radius 3 is 2.88 bits per heavy atom. The van der Waals surface area contributed by atoms with Crippen LogP contribution >= 0.6 is 0 Å². The molecular formula is C20H19N5O. The molecule has 3 heterocycles. The number of rotatable bonds is 1. The van der Waals surface area contributed by atoms with Crippen LogP contribution < -0.4 is 5.32 Å². The number of aromatic nitrogens is 4. The molecule has 6 nitrogen and oxygen atoms in total. The number of hydrogen-bond acceptors (Lipinski definition) is 5. The first-order valence-electron chi connectivity index (χ1n) is 8.80. The second-order valence-corrected chi connectivity index (χ2v) is 7.81. The highest BCUT2D eigenvalue weighted by molar-refractivity contribution is 6.01. The molecule has 0 radical (unpaired) electrons. The number of pyridine rings is 1. The van der Waals surface area contributed by atoms with Gasteiger partial charge in [-0.1, -0.05) is 32.0 Å². The number of Topliss-reactive ketones (excluding diaryl/α,β-unsaturated/α-hetero) is 1. The predicted molar refractivity (Wildman–Crippen MR) is 98.6 cm³/mol. The number of para-hydroxylation sites is 1. The van der Waals surface area contributed by atoms with Gasteiger partial charge in [-0.25, -0.2) is 4.68 Å². The van der Waals surface area contributed by atoms with Gasteiger partial charge in [-0.15, -0.1) is 0 Å². The van der Waals surface area contributed by atoms with Crippen molar-refractivity contribution in [2.75, 3.05) is 5.32 Å². The molecule has 0 spiro atoms. The van der Waals surface area contributed by atoms with E-state index in [1.165, 1.54) is 6.33 Å². The molecular weight excluding hydrogens is 326 g/mol. The van der Waals surface area contributed by atoms with Crippen LogP contribution in [0.25, 0.3) is 10.9 Å². The van der Waals surface area contributed by atoms with Crippen molar-refractivity contribution >= 4 is 22.6 Å². The van der Waals surface area contributed by atoms with E-state index in [0.717, 1.165) is 34.2 Å². The van der Waals surface area contributed by atoms with Crippen molar-refractivity contribution in [2.24, 2.45) is 5.41 Å². The van der Waals surface area contributed by atoms with E-state index >= 15 is 0 Å².